The van der Waals surface area contributed by atoms with Gasteiger partial charge in [0.1, 0.15) is 13.2 Å². The second-order valence-corrected chi connectivity index (χ2v) is 18.8. The Morgan fingerprint density at radius 2 is 0.565 bits per heavy atom. The molecule has 0 spiro atoms. The van der Waals surface area contributed by atoms with Crippen LogP contribution in [0.3, 0.4) is 0 Å². The molecule has 0 radical (unpaired) electrons. The average molecular weight is 960 g/mol. The number of carbonyl (C=O) groups excluding carboxylic acids is 3. The highest BCUT2D eigenvalue weighted by atomic mass is 16.6. The molecule has 0 aromatic heterocycles. The smallest absolute Gasteiger partial charge is 0.306 e. The van der Waals surface area contributed by atoms with Crippen molar-refractivity contribution < 1.29 is 28.6 Å². The van der Waals surface area contributed by atoms with E-state index in [0.717, 1.165) is 122 Å². The van der Waals surface area contributed by atoms with Crippen molar-refractivity contribution in [2.24, 2.45) is 0 Å². The average Bonchev–Trinajstić information content (AvgIpc) is 3.35. The molecule has 0 rings (SSSR count). The number of carbonyl (C=O) groups is 3. The Hall–Kier alpha value is -3.67. The van der Waals surface area contributed by atoms with E-state index in [1.165, 1.54) is 103 Å². The summed E-state index contributed by atoms with van der Waals surface area (Å²) in [5, 5.41) is 0. The molecule has 1 unspecified atom stereocenters. The molecule has 0 saturated heterocycles. The van der Waals surface area contributed by atoms with Gasteiger partial charge in [0.05, 0.1) is 0 Å². The molecule has 69 heavy (non-hydrogen) atoms. The third kappa shape index (κ3) is 55.1. The number of hydrogen-bond donors (Lipinski definition) is 0. The second-order valence-electron chi connectivity index (χ2n) is 18.8. The van der Waals surface area contributed by atoms with Gasteiger partial charge in [-0.2, -0.15) is 0 Å². The fourth-order valence-electron chi connectivity index (χ4n) is 7.77. The van der Waals surface area contributed by atoms with Crippen molar-refractivity contribution in [3.05, 3.63) is 97.2 Å². The quantitative estimate of drug-likeness (QED) is 0.0262. The predicted molar refractivity (Wildman–Crippen MR) is 297 cm³/mol. The molecule has 0 saturated carbocycles. The largest absolute Gasteiger partial charge is 0.462 e. The highest BCUT2D eigenvalue weighted by Gasteiger charge is 2.19. The van der Waals surface area contributed by atoms with Gasteiger partial charge in [-0.3, -0.25) is 14.4 Å². The molecule has 0 amide bonds. The SMILES string of the molecule is CC/C=C\C/C=C\C/C=C\C/C=C\C/C=C\C/C=C\C/C=C\CCCCCCCCCCCCCC(=O)OCC(COC(=O)CCCCCCC)OC(=O)CCCCCCC/C=C\CCCCCC. The third-order valence-electron chi connectivity index (χ3n) is 12.1. The minimum atomic E-state index is -0.777. The molecule has 0 aliphatic heterocycles. The van der Waals surface area contributed by atoms with Crippen molar-refractivity contribution in [1.82, 2.24) is 0 Å². The number of esters is 3. The Bertz CT molecular complexity index is 1380. The summed E-state index contributed by atoms with van der Waals surface area (Å²) < 4.78 is 16.7. The molecule has 0 aromatic rings. The normalized spacial score (nSPS) is 12.8. The maximum Gasteiger partial charge on any atom is 0.306 e. The Morgan fingerprint density at radius 1 is 0.304 bits per heavy atom. The summed E-state index contributed by atoms with van der Waals surface area (Å²) in [6, 6.07) is 0. The van der Waals surface area contributed by atoms with Gasteiger partial charge in [-0.25, -0.2) is 0 Å². The van der Waals surface area contributed by atoms with E-state index < -0.39 is 6.10 Å². The zero-order valence-corrected chi connectivity index (χ0v) is 45.0. The Labute approximate surface area is 426 Å². The van der Waals surface area contributed by atoms with Gasteiger partial charge in [-0.15, -0.1) is 0 Å². The summed E-state index contributed by atoms with van der Waals surface area (Å²) in [7, 11) is 0. The number of ether oxygens (including phenoxy) is 3. The van der Waals surface area contributed by atoms with Crippen molar-refractivity contribution in [2.75, 3.05) is 13.2 Å². The van der Waals surface area contributed by atoms with Gasteiger partial charge < -0.3 is 14.2 Å². The van der Waals surface area contributed by atoms with E-state index in [-0.39, 0.29) is 31.1 Å². The first-order valence-corrected chi connectivity index (χ1v) is 28.7. The molecule has 0 heterocycles. The van der Waals surface area contributed by atoms with E-state index in [0.29, 0.717) is 19.3 Å². The van der Waals surface area contributed by atoms with Crippen LogP contribution in [-0.2, 0) is 28.6 Å². The first-order valence-electron chi connectivity index (χ1n) is 28.7. The van der Waals surface area contributed by atoms with Gasteiger partial charge in [-0.05, 0) is 103 Å². The molecule has 1 atom stereocenters. The highest BCUT2D eigenvalue weighted by Crippen LogP contribution is 2.15. The molecule has 6 nitrogen and oxygen atoms in total. The maximum atomic E-state index is 12.7. The summed E-state index contributed by atoms with van der Waals surface area (Å²) in [5.74, 6) is -0.906. The van der Waals surface area contributed by atoms with E-state index in [2.05, 4.69) is 118 Å². The highest BCUT2D eigenvalue weighted by molar-refractivity contribution is 5.71. The Morgan fingerprint density at radius 3 is 0.913 bits per heavy atom. The van der Waals surface area contributed by atoms with Crippen LogP contribution >= 0.6 is 0 Å². The number of allylic oxidation sites excluding steroid dienone is 16. The van der Waals surface area contributed by atoms with Gasteiger partial charge in [0, 0.05) is 19.3 Å². The first kappa shape index (κ1) is 65.3. The van der Waals surface area contributed by atoms with Crippen LogP contribution in [0.2, 0.25) is 0 Å². The minimum Gasteiger partial charge on any atom is -0.462 e. The van der Waals surface area contributed by atoms with Crippen LogP contribution < -0.4 is 0 Å². The summed E-state index contributed by atoms with van der Waals surface area (Å²) in [4.78, 5) is 37.7. The number of rotatable bonds is 51. The molecule has 0 fully saturated rings. The zero-order chi connectivity index (χ0) is 50.0. The Kier molecular flexibility index (Phi) is 53.9. The number of hydrogen-bond acceptors (Lipinski definition) is 6. The van der Waals surface area contributed by atoms with E-state index in [4.69, 9.17) is 14.2 Å². The Balaban J connectivity index is 4.01. The standard InChI is InChI=1S/C63H106O6/c1-4-7-10-13-15-17-19-21-22-23-24-25-26-27-28-29-30-31-32-33-34-35-36-37-38-39-40-42-43-45-47-50-53-56-62(65)68-59-60(58-67-61(64)55-52-49-12-9-6-3)69-63(66)57-54-51-48-46-44-41-20-18-16-14-11-8-5-2/h7,10,15,17-18,20-22,24-25,27-28,30-31,33-34,60H,4-6,8-9,11-14,16,19,23,26,29,32,35-59H2,1-3H3/b10-7-,17-15-,20-18-,22-21-,25-24-,28-27-,31-30-,34-33-. The summed E-state index contributed by atoms with van der Waals surface area (Å²) in [5.41, 5.74) is 0. The molecule has 6 heteroatoms. The molecular formula is C63H106O6. The van der Waals surface area contributed by atoms with E-state index in [1.54, 1.807) is 0 Å². The van der Waals surface area contributed by atoms with Crippen LogP contribution in [0, 0.1) is 0 Å². The lowest BCUT2D eigenvalue weighted by Gasteiger charge is -2.18. The van der Waals surface area contributed by atoms with E-state index in [1.807, 2.05) is 0 Å². The molecule has 0 aromatic carbocycles. The van der Waals surface area contributed by atoms with Crippen molar-refractivity contribution >= 4 is 17.9 Å². The summed E-state index contributed by atoms with van der Waals surface area (Å²) in [6.45, 7) is 6.41. The van der Waals surface area contributed by atoms with Crippen molar-refractivity contribution in [1.29, 1.82) is 0 Å². The van der Waals surface area contributed by atoms with Gasteiger partial charge in [-0.1, -0.05) is 240 Å². The van der Waals surface area contributed by atoms with Crippen molar-refractivity contribution in [3.63, 3.8) is 0 Å². The van der Waals surface area contributed by atoms with Gasteiger partial charge in [0.25, 0.3) is 0 Å². The van der Waals surface area contributed by atoms with Crippen LogP contribution in [0.25, 0.3) is 0 Å². The van der Waals surface area contributed by atoms with Gasteiger partial charge in [0.2, 0.25) is 0 Å². The lowest BCUT2D eigenvalue weighted by Crippen LogP contribution is -2.30. The van der Waals surface area contributed by atoms with Crippen LogP contribution in [0.4, 0.5) is 0 Å². The predicted octanol–water partition coefficient (Wildman–Crippen LogP) is 19.3. The molecule has 0 aliphatic rings. The van der Waals surface area contributed by atoms with Gasteiger partial charge in [0.15, 0.2) is 6.10 Å². The zero-order valence-electron chi connectivity index (χ0n) is 45.0. The van der Waals surface area contributed by atoms with Crippen LogP contribution in [0.5, 0.6) is 0 Å². The van der Waals surface area contributed by atoms with Crippen LogP contribution in [0.15, 0.2) is 97.2 Å². The summed E-state index contributed by atoms with van der Waals surface area (Å²) >= 11 is 0. The molecule has 0 bridgehead atoms. The summed E-state index contributed by atoms with van der Waals surface area (Å²) in [6.07, 6.45) is 76.0. The molecule has 0 N–H and O–H groups in total. The molecule has 0 aliphatic carbocycles. The monoisotopic (exact) mass is 959 g/mol. The lowest BCUT2D eigenvalue weighted by molar-refractivity contribution is -0.167. The second kappa shape index (κ2) is 56.9. The van der Waals surface area contributed by atoms with Crippen molar-refractivity contribution in [3.8, 4) is 0 Å². The third-order valence-corrected chi connectivity index (χ3v) is 12.1. The van der Waals surface area contributed by atoms with Gasteiger partial charge >= 0.3 is 17.9 Å². The van der Waals surface area contributed by atoms with E-state index in [9.17, 15) is 14.4 Å². The topological polar surface area (TPSA) is 78.9 Å². The van der Waals surface area contributed by atoms with Crippen LogP contribution in [-0.4, -0.2) is 37.2 Å². The number of unbranched alkanes of at least 4 members (excludes halogenated alkanes) is 24. The maximum absolute atomic E-state index is 12.7. The fraction of sp³-hybridized carbons (Fsp3) is 0.698. The molecular weight excluding hydrogens is 853 g/mol. The van der Waals surface area contributed by atoms with Crippen LogP contribution in [0.1, 0.15) is 265 Å². The van der Waals surface area contributed by atoms with E-state index >= 15 is 0 Å². The minimum absolute atomic E-state index is 0.0808. The lowest BCUT2D eigenvalue weighted by atomic mass is 10.0. The fourth-order valence-corrected chi connectivity index (χ4v) is 7.77. The molecule has 394 valence electrons. The van der Waals surface area contributed by atoms with Crippen molar-refractivity contribution in [2.45, 2.75) is 271 Å². The first-order chi connectivity index (χ1) is 34.0.